The van der Waals surface area contributed by atoms with Gasteiger partial charge >= 0.3 is 0 Å². The number of amides is 1. The predicted octanol–water partition coefficient (Wildman–Crippen LogP) is 3.93. The lowest BCUT2D eigenvalue weighted by molar-refractivity contribution is -0.122. The molecule has 1 fully saturated rings. The summed E-state index contributed by atoms with van der Waals surface area (Å²) in [6, 6.07) is 7.65. The first-order valence-electron chi connectivity index (χ1n) is 10.0. The number of sulfonamides is 1. The Hall–Kier alpha value is -1.81. The van der Waals surface area contributed by atoms with Crippen molar-refractivity contribution >= 4 is 48.8 Å². The quantitative estimate of drug-likeness (QED) is 0.589. The summed E-state index contributed by atoms with van der Waals surface area (Å²) in [7, 11) is -3.46. The molecule has 0 unspecified atom stereocenters. The van der Waals surface area contributed by atoms with Gasteiger partial charge in [-0.1, -0.05) is 23.5 Å². The molecule has 0 aliphatic carbocycles. The first-order chi connectivity index (χ1) is 14.3. The Labute approximate surface area is 184 Å². The van der Waals surface area contributed by atoms with Crippen LogP contribution in [0.2, 0.25) is 0 Å². The molecule has 1 saturated heterocycles. The van der Waals surface area contributed by atoms with Crippen LogP contribution in [0.5, 0.6) is 0 Å². The molecule has 0 N–H and O–H groups in total. The van der Waals surface area contributed by atoms with Gasteiger partial charge in [-0.05, 0) is 62.3 Å². The average Bonchev–Trinajstić information content (AvgIpc) is 3.36. The highest BCUT2D eigenvalue weighted by atomic mass is 32.2. The van der Waals surface area contributed by atoms with Crippen molar-refractivity contribution < 1.29 is 13.2 Å². The lowest BCUT2D eigenvalue weighted by Crippen LogP contribution is -2.40. The van der Waals surface area contributed by atoms with E-state index in [0.29, 0.717) is 30.1 Å². The third-order valence-corrected chi connectivity index (χ3v) is 10.0. The van der Waals surface area contributed by atoms with Gasteiger partial charge in [-0.2, -0.15) is 9.30 Å². The molecule has 1 aromatic carbocycles. The van der Waals surface area contributed by atoms with Gasteiger partial charge in [0.2, 0.25) is 0 Å². The second kappa shape index (κ2) is 8.37. The fourth-order valence-corrected chi connectivity index (χ4v) is 7.73. The van der Waals surface area contributed by atoms with Crippen LogP contribution < -0.4 is 4.80 Å². The van der Waals surface area contributed by atoms with Gasteiger partial charge in [-0.25, -0.2) is 8.42 Å². The number of rotatable bonds is 4. The fraction of sp³-hybridized carbons (Fsp3) is 0.429. The van der Waals surface area contributed by atoms with Gasteiger partial charge in [0.05, 0.1) is 10.2 Å². The third kappa shape index (κ3) is 3.91. The topological polar surface area (TPSA) is 71.7 Å². The lowest BCUT2D eigenvalue weighted by Gasteiger charge is -2.29. The highest BCUT2D eigenvalue weighted by molar-refractivity contribution is 7.91. The van der Waals surface area contributed by atoms with E-state index in [1.165, 1.54) is 26.8 Å². The molecule has 1 amide bonds. The van der Waals surface area contributed by atoms with Crippen molar-refractivity contribution in [1.29, 1.82) is 0 Å². The van der Waals surface area contributed by atoms with Crippen molar-refractivity contribution in [2.45, 2.75) is 44.4 Å². The number of aromatic nitrogens is 1. The van der Waals surface area contributed by atoms with E-state index in [0.717, 1.165) is 21.6 Å². The van der Waals surface area contributed by atoms with E-state index in [4.69, 9.17) is 0 Å². The maximum Gasteiger partial charge on any atom is 0.252 e. The molecule has 1 aliphatic rings. The smallest absolute Gasteiger partial charge is 0.252 e. The van der Waals surface area contributed by atoms with Crippen LogP contribution >= 0.6 is 22.7 Å². The molecule has 0 spiro atoms. The number of aryl methyl sites for hydroxylation is 3. The molecule has 4 rings (SSSR count). The Kier molecular flexibility index (Phi) is 5.98. The standard InChI is InChI=1S/C21H25N3O3S3/c1-4-24-17-13-14(2)12-15(3)19(17)29-21(24)22-20(25)16-7-9-23(10-8-16)30(26,27)18-6-5-11-28-18/h5-6,11-13,16H,4,7-10H2,1-3H3. The van der Waals surface area contributed by atoms with Crippen LogP contribution in [0.1, 0.15) is 30.9 Å². The molecule has 0 atom stereocenters. The van der Waals surface area contributed by atoms with Crippen LogP contribution in [0.25, 0.3) is 10.2 Å². The molecule has 6 nitrogen and oxygen atoms in total. The van der Waals surface area contributed by atoms with Crippen molar-refractivity contribution in [3.8, 4) is 0 Å². The van der Waals surface area contributed by atoms with Crippen LogP contribution in [0.15, 0.2) is 38.8 Å². The molecule has 3 heterocycles. The highest BCUT2D eigenvalue weighted by Crippen LogP contribution is 2.27. The Balaban J connectivity index is 1.56. The van der Waals surface area contributed by atoms with Crippen molar-refractivity contribution in [2.24, 2.45) is 10.9 Å². The maximum atomic E-state index is 12.9. The Morgan fingerprint density at radius 1 is 1.23 bits per heavy atom. The van der Waals surface area contributed by atoms with Crippen LogP contribution in [-0.4, -0.2) is 36.3 Å². The first kappa shape index (κ1) is 21.4. The minimum atomic E-state index is -3.46. The first-order valence-corrected chi connectivity index (χ1v) is 13.2. The number of thiophene rings is 1. The number of hydrogen-bond donors (Lipinski definition) is 0. The van der Waals surface area contributed by atoms with E-state index in [9.17, 15) is 13.2 Å². The summed E-state index contributed by atoms with van der Waals surface area (Å²) in [5.74, 6) is -0.385. The monoisotopic (exact) mass is 463 g/mol. The van der Waals surface area contributed by atoms with E-state index in [1.54, 1.807) is 28.8 Å². The van der Waals surface area contributed by atoms with Crippen LogP contribution in [0.4, 0.5) is 0 Å². The minimum absolute atomic E-state index is 0.147. The summed E-state index contributed by atoms with van der Waals surface area (Å²) in [6.07, 6.45) is 1.00. The summed E-state index contributed by atoms with van der Waals surface area (Å²) < 4.78 is 30.5. The number of nitrogens with zero attached hydrogens (tertiary/aromatic N) is 3. The van der Waals surface area contributed by atoms with Gasteiger partial charge in [-0.3, -0.25) is 4.79 Å². The van der Waals surface area contributed by atoms with Crippen molar-refractivity contribution in [3.05, 3.63) is 45.6 Å². The summed E-state index contributed by atoms with van der Waals surface area (Å²) in [6.45, 7) is 7.66. The second-order valence-corrected chi connectivity index (χ2v) is 11.7. The number of carbonyl (C=O) groups excluding carboxylic acids is 1. The van der Waals surface area contributed by atoms with Gasteiger partial charge in [0.1, 0.15) is 4.21 Å². The molecular weight excluding hydrogens is 438 g/mol. The third-order valence-electron chi connectivity index (χ3n) is 5.53. The molecular formula is C21H25N3O3S3. The molecule has 1 aliphatic heterocycles. The zero-order valence-electron chi connectivity index (χ0n) is 17.3. The average molecular weight is 464 g/mol. The molecule has 160 valence electrons. The number of benzene rings is 1. The number of hydrogen-bond acceptors (Lipinski definition) is 5. The minimum Gasteiger partial charge on any atom is -0.317 e. The van der Waals surface area contributed by atoms with E-state index < -0.39 is 10.0 Å². The molecule has 0 bridgehead atoms. The van der Waals surface area contributed by atoms with Gasteiger partial charge in [0.25, 0.3) is 15.9 Å². The molecule has 2 aromatic heterocycles. The highest BCUT2D eigenvalue weighted by Gasteiger charge is 2.32. The maximum absolute atomic E-state index is 12.9. The zero-order valence-corrected chi connectivity index (χ0v) is 19.7. The van der Waals surface area contributed by atoms with Crippen molar-refractivity contribution in [2.75, 3.05) is 13.1 Å². The predicted molar refractivity (Wildman–Crippen MR) is 121 cm³/mol. The Morgan fingerprint density at radius 2 is 1.97 bits per heavy atom. The molecule has 9 heteroatoms. The van der Waals surface area contributed by atoms with E-state index in [2.05, 4.69) is 42.5 Å². The van der Waals surface area contributed by atoms with Gasteiger partial charge in [-0.15, -0.1) is 11.3 Å². The summed E-state index contributed by atoms with van der Waals surface area (Å²) >= 11 is 2.77. The summed E-state index contributed by atoms with van der Waals surface area (Å²) in [5, 5.41) is 1.76. The van der Waals surface area contributed by atoms with Crippen molar-refractivity contribution in [1.82, 2.24) is 8.87 Å². The Morgan fingerprint density at radius 3 is 2.60 bits per heavy atom. The lowest BCUT2D eigenvalue weighted by atomic mass is 9.98. The van der Waals surface area contributed by atoms with E-state index in [-0.39, 0.29) is 11.8 Å². The summed E-state index contributed by atoms with van der Waals surface area (Å²) in [5.41, 5.74) is 3.50. The largest absolute Gasteiger partial charge is 0.317 e. The van der Waals surface area contributed by atoms with Gasteiger partial charge in [0, 0.05) is 25.6 Å². The fourth-order valence-electron chi connectivity index (χ4n) is 3.97. The van der Waals surface area contributed by atoms with Crippen LogP contribution in [-0.2, 0) is 21.4 Å². The zero-order chi connectivity index (χ0) is 21.5. The van der Waals surface area contributed by atoms with Crippen LogP contribution in [0, 0.1) is 19.8 Å². The molecule has 0 saturated carbocycles. The van der Waals surface area contributed by atoms with E-state index >= 15 is 0 Å². The molecule has 0 radical (unpaired) electrons. The number of carbonyl (C=O) groups is 1. The van der Waals surface area contributed by atoms with E-state index in [1.807, 2.05) is 0 Å². The number of fused-ring (bicyclic) bond motifs is 1. The van der Waals surface area contributed by atoms with Gasteiger partial charge < -0.3 is 4.57 Å². The van der Waals surface area contributed by atoms with Crippen LogP contribution in [0.3, 0.4) is 0 Å². The number of piperidine rings is 1. The SMILES string of the molecule is CCn1c(=NC(=O)C2CCN(S(=O)(=O)c3cccs3)CC2)sc2c(C)cc(C)cc21. The van der Waals surface area contributed by atoms with Crippen molar-refractivity contribution in [3.63, 3.8) is 0 Å². The normalized spacial score (nSPS) is 17.1. The Bertz CT molecular complexity index is 1250. The van der Waals surface area contributed by atoms with Gasteiger partial charge in [0.15, 0.2) is 4.80 Å². The summed E-state index contributed by atoms with van der Waals surface area (Å²) in [4.78, 5) is 18.1. The molecule has 3 aromatic rings. The number of thiazole rings is 1. The molecule has 30 heavy (non-hydrogen) atoms. The second-order valence-electron chi connectivity index (χ2n) is 7.62.